The molecule has 0 radical (unpaired) electrons. The van der Waals surface area contributed by atoms with E-state index in [1.54, 1.807) is 81.4 Å². The van der Waals surface area contributed by atoms with E-state index in [9.17, 15) is 36.6 Å². The molecule has 1 heterocycles. The number of aliphatic hydroxyl groups excluding tert-OH is 2. The third-order valence-electron chi connectivity index (χ3n) is 13.2. The molecule has 4 aromatic rings. The van der Waals surface area contributed by atoms with Gasteiger partial charge in [-0.05, 0) is 121 Å². The number of hydrogen-bond acceptors (Lipinski definition) is 15. The van der Waals surface area contributed by atoms with Crippen LogP contribution >= 0.6 is 0 Å². The Balaban J connectivity index is 0.000000250. The van der Waals surface area contributed by atoms with Crippen LogP contribution in [0.25, 0.3) is 0 Å². The van der Waals surface area contributed by atoms with Crippen LogP contribution in [-0.4, -0.2) is 124 Å². The molecule has 2 amide bonds. The predicted molar refractivity (Wildman–Crippen MR) is 288 cm³/mol. The van der Waals surface area contributed by atoms with E-state index < -0.39 is 68.5 Å². The van der Waals surface area contributed by atoms with Crippen LogP contribution in [0.15, 0.2) is 107 Å². The third kappa shape index (κ3) is 17.7. The van der Waals surface area contributed by atoms with Gasteiger partial charge in [-0.3, -0.25) is 0 Å². The monoisotopic (exact) mass is 1110 g/mol. The molecule has 2 aliphatic carbocycles. The number of rotatable bonds is 21. The van der Waals surface area contributed by atoms with Gasteiger partial charge in [0, 0.05) is 31.6 Å². The zero-order chi connectivity index (χ0) is 55.8. The maximum absolute atomic E-state index is 14.2. The first-order valence-electron chi connectivity index (χ1n) is 26.4. The average Bonchev–Trinajstić information content (AvgIpc) is 3.92. The second kappa shape index (κ2) is 28.3. The molecule has 0 aromatic heterocycles. The molecule has 1 aliphatic heterocycles. The van der Waals surface area contributed by atoms with Crippen LogP contribution in [0, 0.1) is 0 Å². The van der Waals surface area contributed by atoms with E-state index in [0.29, 0.717) is 47.2 Å². The summed E-state index contributed by atoms with van der Waals surface area (Å²) in [4.78, 5) is 25.3. The molecule has 5 atom stereocenters. The number of nitrogens with zero attached hydrogens (tertiary/aromatic N) is 2. The van der Waals surface area contributed by atoms with Crippen molar-refractivity contribution in [2.24, 2.45) is 0 Å². The van der Waals surface area contributed by atoms with Crippen molar-refractivity contribution in [1.82, 2.24) is 19.2 Å². The molecule has 3 aliphatic rings. The maximum Gasteiger partial charge on any atom is 0.409 e. The van der Waals surface area contributed by atoms with Gasteiger partial charge in [0.15, 0.2) is 23.0 Å². The molecule has 21 heteroatoms. The number of carbonyl (C=O) groups excluding carboxylic acids is 2. The minimum Gasteiger partial charge on any atom is -0.493 e. The molecule has 0 spiro atoms. The van der Waals surface area contributed by atoms with Crippen LogP contribution in [0.2, 0.25) is 0 Å². The summed E-state index contributed by atoms with van der Waals surface area (Å²) < 4.78 is 98.0. The lowest BCUT2D eigenvalue weighted by Gasteiger charge is -2.34. The van der Waals surface area contributed by atoms with Gasteiger partial charge in [-0.2, -0.15) is 8.61 Å². The second-order valence-electron chi connectivity index (χ2n) is 20.5. The van der Waals surface area contributed by atoms with Crippen molar-refractivity contribution in [1.29, 1.82) is 0 Å². The number of methoxy groups -OCH3 is 2. The molecule has 3 fully saturated rings. The molecule has 424 valence electrons. The fraction of sp³-hybridized carbons (Fsp3) is 0.536. The quantitative estimate of drug-likeness (QED) is 0.0571. The minimum absolute atomic E-state index is 0.0185. The molecular weight excluding hydrogens is 1030 g/mol. The van der Waals surface area contributed by atoms with E-state index in [-0.39, 0.29) is 41.7 Å². The summed E-state index contributed by atoms with van der Waals surface area (Å²) in [5.41, 5.74) is 0.552. The molecule has 19 nitrogen and oxygen atoms in total. The summed E-state index contributed by atoms with van der Waals surface area (Å²) >= 11 is 0. The number of ether oxygens (including phenoxy) is 7. The van der Waals surface area contributed by atoms with Crippen LogP contribution in [0.3, 0.4) is 0 Å². The van der Waals surface area contributed by atoms with E-state index in [0.717, 1.165) is 72.8 Å². The SMILES string of the molecule is COc1ccc(S(=O)(=O)N(Cc2ccccc2)[C@H](NC(=O)OC(C)(C)C)[C@@H](C)O)cc1OC1CCCCC1.COc1ccc(S(=O)(=O)N(Cc2ccccc2)[C@H](NC(=O)O[C@H]2CCOC2)[C@@H](C)O)cc1OC1CCCCC1. The summed E-state index contributed by atoms with van der Waals surface area (Å²) in [6.45, 7) is 8.50. The lowest BCUT2D eigenvalue weighted by molar-refractivity contribution is 0.0301. The summed E-state index contributed by atoms with van der Waals surface area (Å²) in [6, 6.07) is 26.8. The Morgan fingerprint density at radius 1 is 0.597 bits per heavy atom. The van der Waals surface area contributed by atoms with Crippen molar-refractivity contribution in [3.63, 3.8) is 0 Å². The van der Waals surface area contributed by atoms with Crippen molar-refractivity contribution < 1.29 is 69.8 Å². The number of carbonyl (C=O) groups is 2. The van der Waals surface area contributed by atoms with Crippen LogP contribution in [0.5, 0.6) is 23.0 Å². The standard InChI is InChI=1S/C28H38N2O8S.C28H40N2O7S/c1-20(31)27(29-28(32)38-23-15-16-36-19-23)30(18-21-9-5-3-6-10-21)39(33,34)24-13-14-25(35-2)26(17-24)37-22-11-7-4-8-12-22;1-20(31)26(29-27(32)37-28(2,3)4)30(19-21-12-8-6-9-13-21)38(33,34)23-16-17-24(35-5)25(18-23)36-22-14-10-7-11-15-22/h3,5-6,9-10,13-14,17,20,22-23,27,31H,4,7-8,11-12,15-16,18-19H2,1-2H3,(H,29,32);6,8-9,12-13,16-18,20,22,26,31H,7,10-11,14-15,19H2,1-5H3,(H,29,32)/t20-,23+,27+;20-,26+/m11/s1. The van der Waals surface area contributed by atoms with E-state index >= 15 is 0 Å². The van der Waals surface area contributed by atoms with Gasteiger partial charge in [-0.15, -0.1) is 0 Å². The number of nitrogens with one attached hydrogen (secondary N) is 2. The zero-order valence-corrected chi connectivity index (χ0v) is 46.9. The predicted octanol–water partition coefficient (Wildman–Crippen LogP) is 8.65. The van der Waals surface area contributed by atoms with Crippen LogP contribution in [0.4, 0.5) is 9.59 Å². The second-order valence-corrected chi connectivity index (χ2v) is 24.3. The van der Waals surface area contributed by atoms with Gasteiger partial charge in [0.2, 0.25) is 20.0 Å². The van der Waals surface area contributed by atoms with E-state index in [1.165, 1.54) is 52.3 Å². The Hall–Kier alpha value is -5.68. The third-order valence-corrected chi connectivity index (χ3v) is 16.8. The topological polar surface area (TPSA) is 238 Å². The van der Waals surface area contributed by atoms with E-state index in [2.05, 4.69) is 10.6 Å². The highest BCUT2D eigenvalue weighted by atomic mass is 32.2. The zero-order valence-electron chi connectivity index (χ0n) is 45.3. The van der Waals surface area contributed by atoms with Crippen molar-refractivity contribution in [2.75, 3.05) is 27.4 Å². The fourth-order valence-electron chi connectivity index (χ4n) is 9.21. The highest BCUT2D eigenvalue weighted by Gasteiger charge is 2.39. The van der Waals surface area contributed by atoms with Gasteiger partial charge in [0.1, 0.15) is 24.0 Å². The van der Waals surface area contributed by atoms with Gasteiger partial charge in [-0.1, -0.05) is 73.5 Å². The molecule has 4 N–H and O–H groups in total. The highest BCUT2D eigenvalue weighted by Crippen LogP contribution is 2.37. The number of benzene rings is 4. The maximum atomic E-state index is 14.2. The lowest BCUT2D eigenvalue weighted by Crippen LogP contribution is -2.56. The van der Waals surface area contributed by atoms with Gasteiger partial charge >= 0.3 is 12.2 Å². The van der Waals surface area contributed by atoms with Gasteiger partial charge in [0.05, 0.1) is 61.6 Å². The number of hydrogen-bond donors (Lipinski definition) is 4. The average molecular weight is 1110 g/mol. The molecule has 2 saturated carbocycles. The van der Waals surface area contributed by atoms with Crippen LogP contribution in [0.1, 0.15) is 116 Å². The first-order chi connectivity index (χ1) is 36.7. The summed E-state index contributed by atoms with van der Waals surface area (Å²) in [5, 5.41) is 26.5. The van der Waals surface area contributed by atoms with Crippen molar-refractivity contribution in [2.45, 2.75) is 177 Å². The van der Waals surface area contributed by atoms with Gasteiger partial charge in [-0.25, -0.2) is 26.4 Å². The molecule has 77 heavy (non-hydrogen) atoms. The number of sulfonamides is 2. The van der Waals surface area contributed by atoms with Crippen LogP contribution in [-0.2, 0) is 47.3 Å². The minimum atomic E-state index is -4.26. The molecule has 7 rings (SSSR count). The molecular formula is C56H78N4O15S2. The summed E-state index contributed by atoms with van der Waals surface area (Å²) in [5.74, 6) is 1.55. The van der Waals surface area contributed by atoms with E-state index in [4.69, 9.17) is 33.2 Å². The number of amides is 2. The van der Waals surface area contributed by atoms with Crippen molar-refractivity contribution in [3.8, 4) is 23.0 Å². The Morgan fingerprint density at radius 3 is 1.38 bits per heavy atom. The fourth-order valence-corrected chi connectivity index (χ4v) is 12.4. The first kappa shape index (κ1) is 60.5. The Morgan fingerprint density at radius 2 is 1.01 bits per heavy atom. The van der Waals surface area contributed by atoms with Crippen molar-refractivity contribution >= 4 is 32.2 Å². The number of alkyl carbamates (subject to hydrolysis) is 2. The molecule has 1 saturated heterocycles. The molecule has 4 aromatic carbocycles. The Kier molecular flexibility index (Phi) is 22.2. The summed E-state index contributed by atoms with van der Waals surface area (Å²) in [7, 11) is -5.50. The molecule has 0 bridgehead atoms. The lowest BCUT2D eigenvalue weighted by atomic mass is 9.98. The Labute approximate surface area is 454 Å². The van der Waals surface area contributed by atoms with Crippen LogP contribution < -0.4 is 29.6 Å². The Bertz CT molecular complexity index is 2710. The first-order valence-corrected chi connectivity index (χ1v) is 29.3. The van der Waals surface area contributed by atoms with Crippen molar-refractivity contribution in [3.05, 3.63) is 108 Å². The van der Waals surface area contributed by atoms with Gasteiger partial charge in [0.25, 0.3) is 0 Å². The number of aliphatic hydroxyl groups is 2. The summed E-state index contributed by atoms with van der Waals surface area (Å²) in [6.07, 6.45) is 3.39. The highest BCUT2D eigenvalue weighted by molar-refractivity contribution is 7.89. The van der Waals surface area contributed by atoms with E-state index in [1.807, 2.05) is 12.1 Å². The smallest absolute Gasteiger partial charge is 0.409 e. The molecule has 0 unspecified atom stereocenters. The van der Waals surface area contributed by atoms with Gasteiger partial charge < -0.3 is 54.0 Å². The normalized spacial score (nSPS) is 18.2. The largest absolute Gasteiger partial charge is 0.493 e.